The lowest BCUT2D eigenvalue weighted by Crippen LogP contribution is -2.35. The van der Waals surface area contributed by atoms with Gasteiger partial charge in [0.1, 0.15) is 5.75 Å². The number of nitrogens with zero attached hydrogens (tertiary/aromatic N) is 1. The zero-order valence-corrected chi connectivity index (χ0v) is 22.3. The molecule has 0 saturated heterocycles. The Morgan fingerprint density at radius 1 is 0.892 bits per heavy atom. The maximum absolute atomic E-state index is 13.1. The minimum absolute atomic E-state index is 0.184. The number of thiocarbonyl (C=S) groups is 1. The highest BCUT2D eigenvalue weighted by molar-refractivity contribution is 7.80. The van der Waals surface area contributed by atoms with Gasteiger partial charge in [-0.15, -0.1) is 0 Å². The second-order valence-corrected chi connectivity index (χ2v) is 8.95. The van der Waals surface area contributed by atoms with Crippen LogP contribution in [0.5, 0.6) is 17.2 Å². The molecule has 0 fully saturated rings. The summed E-state index contributed by atoms with van der Waals surface area (Å²) < 4.78 is 16.1. The first-order chi connectivity index (χ1) is 17.9. The van der Waals surface area contributed by atoms with Crippen LogP contribution in [0.15, 0.2) is 71.5 Å². The number of fused-ring (bicyclic) bond motifs is 1. The van der Waals surface area contributed by atoms with E-state index in [9.17, 15) is 4.79 Å². The Morgan fingerprint density at radius 2 is 1.59 bits per heavy atom. The van der Waals surface area contributed by atoms with Gasteiger partial charge in [0.15, 0.2) is 16.6 Å². The molecule has 192 valence electrons. The summed E-state index contributed by atoms with van der Waals surface area (Å²) in [7, 11) is 4.80. The normalized spacial score (nSPS) is 10.7. The van der Waals surface area contributed by atoms with E-state index in [1.807, 2.05) is 59.5 Å². The Bertz CT molecular complexity index is 1450. The lowest BCUT2D eigenvalue weighted by atomic mass is 10.1. The van der Waals surface area contributed by atoms with Crippen molar-refractivity contribution in [3.05, 3.63) is 93.8 Å². The predicted molar refractivity (Wildman–Crippen MR) is 152 cm³/mol. The van der Waals surface area contributed by atoms with Crippen LogP contribution in [0.2, 0.25) is 0 Å². The Balaban J connectivity index is 1.69. The molecular weight excluding hydrogens is 486 g/mol. The second-order valence-electron chi connectivity index (χ2n) is 8.56. The third-order valence-electron chi connectivity index (χ3n) is 6.25. The molecule has 4 rings (SSSR count). The van der Waals surface area contributed by atoms with Crippen molar-refractivity contribution in [3.63, 3.8) is 0 Å². The number of aryl methyl sites for hydroxylation is 1. The topological polar surface area (TPSA) is 75.8 Å². The van der Waals surface area contributed by atoms with E-state index in [2.05, 4.69) is 23.3 Å². The van der Waals surface area contributed by atoms with Gasteiger partial charge in [-0.2, -0.15) is 0 Å². The molecule has 3 aromatic carbocycles. The standard InChI is InChI=1S/C29H31N3O4S/c1-5-20-8-6-7-9-24(20)31-29(37)32(17-19-10-12-23(34-2)13-11-19)18-22-14-21-15-26(35-3)27(36-4)16-25(21)30-28(22)33/h6-16H,5,17-18H2,1-4H3,(H,30,33)(H,31,37). The molecule has 1 aromatic heterocycles. The number of H-pyrrole nitrogens is 1. The van der Waals surface area contributed by atoms with E-state index in [1.54, 1.807) is 27.4 Å². The second kappa shape index (κ2) is 11.8. The summed E-state index contributed by atoms with van der Waals surface area (Å²) in [6.45, 7) is 2.93. The first-order valence-corrected chi connectivity index (χ1v) is 12.4. The minimum atomic E-state index is -0.184. The molecule has 7 nitrogen and oxygen atoms in total. The fourth-order valence-corrected chi connectivity index (χ4v) is 4.44. The summed E-state index contributed by atoms with van der Waals surface area (Å²) in [6.07, 6.45) is 0.875. The number of aromatic nitrogens is 1. The lowest BCUT2D eigenvalue weighted by molar-refractivity contribution is 0.355. The van der Waals surface area contributed by atoms with Crippen LogP contribution in [0.25, 0.3) is 10.9 Å². The molecule has 37 heavy (non-hydrogen) atoms. The molecule has 0 unspecified atom stereocenters. The van der Waals surface area contributed by atoms with Crippen LogP contribution in [0.1, 0.15) is 23.6 Å². The van der Waals surface area contributed by atoms with Gasteiger partial charge in [0.05, 0.1) is 33.4 Å². The number of hydrogen-bond acceptors (Lipinski definition) is 5. The average molecular weight is 518 g/mol. The third-order valence-corrected chi connectivity index (χ3v) is 6.61. The Morgan fingerprint density at radius 3 is 2.27 bits per heavy atom. The number of nitrogens with one attached hydrogen (secondary N) is 2. The molecule has 0 radical (unpaired) electrons. The lowest BCUT2D eigenvalue weighted by Gasteiger charge is -2.27. The number of ether oxygens (including phenoxy) is 3. The van der Waals surface area contributed by atoms with E-state index in [0.29, 0.717) is 40.8 Å². The van der Waals surface area contributed by atoms with Crippen molar-refractivity contribution in [1.82, 2.24) is 9.88 Å². The number of para-hydroxylation sites is 1. The van der Waals surface area contributed by atoms with Gasteiger partial charge in [-0.05, 0) is 60.1 Å². The Labute approximate surface area is 222 Å². The van der Waals surface area contributed by atoms with Gasteiger partial charge in [0.25, 0.3) is 5.56 Å². The highest BCUT2D eigenvalue weighted by atomic mass is 32.1. The van der Waals surface area contributed by atoms with E-state index in [4.69, 9.17) is 26.4 Å². The zero-order chi connectivity index (χ0) is 26.4. The molecule has 0 saturated carbocycles. The summed E-state index contributed by atoms with van der Waals surface area (Å²) in [5.74, 6) is 1.93. The molecule has 0 bridgehead atoms. The van der Waals surface area contributed by atoms with Gasteiger partial charge >= 0.3 is 0 Å². The van der Waals surface area contributed by atoms with Gasteiger partial charge in [0, 0.05) is 29.2 Å². The number of pyridine rings is 1. The first-order valence-electron chi connectivity index (χ1n) is 12.0. The molecule has 0 aliphatic heterocycles. The van der Waals surface area contributed by atoms with Crippen molar-refractivity contribution in [2.45, 2.75) is 26.4 Å². The number of hydrogen-bond donors (Lipinski definition) is 2. The van der Waals surface area contributed by atoms with Gasteiger partial charge < -0.3 is 29.4 Å². The predicted octanol–water partition coefficient (Wildman–Crippen LogP) is 5.52. The van der Waals surface area contributed by atoms with Crippen molar-refractivity contribution in [2.24, 2.45) is 0 Å². The highest BCUT2D eigenvalue weighted by Crippen LogP contribution is 2.31. The fourth-order valence-electron chi connectivity index (χ4n) is 4.20. The van der Waals surface area contributed by atoms with Crippen molar-refractivity contribution >= 4 is 33.9 Å². The largest absolute Gasteiger partial charge is 0.497 e. The van der Waals surface area contributed by atoms with Crippen LogP contribution >= 0.6 is 12.2 Å². The quantitative estimate of drug-likeness (QED) is 0.283. The molecule has 2 N–H and O–H groups in total. The van der Waals surface area contributed by atoms with Gasteiger partial charge in [-0.1, -0.05) is 37.3 Å². The van der Waals surface area contributed by atoms with Crippen LogP contribution in [-0.2, 0) is 19.5 Å². The number of benzene rings is 3. The Hall–Kier alpha value is -4.04. The number of methoxy groups -OCH3 is 3. The van der Waals surface area contributed by atoms with E-state index in [-0.39, 0.29) is 5.56 Å². The van der Waals surface area contributed by atoms with Crippen molar-refractivity contribution in [2.75, 3.05) is 26.6 Å². The monoisotopic (exact) mass is 517 g/mol. The molecule has 0 atom stereocenters. The maximum atomic E-state index is 13.1. The summed E-state index contributed by atoms with van der Waals surface area (Å²) in [5.41, 5.74) is 4.23. The van der Waals surface area contributed by atoms with E-state index in [0.717, 1.165) is 28.8 Å². The van der Waals surface area contributed by atoms with Crippen molar-refractivity contribution in [1.29, 1.82) is 0 Å². The van der Waals surface area contributed by atoms with E-state index >= 15 is 0 Å². The smallest absolute Gasteiger partial charge is 0.253 e. The van der Waals surface area contributed by atoms with Crippen LogP contribution in [0.3, 0.4) is 0 Å². The summed E-state index contributed by atoms with van der Waals surface area (Å²) in [5, 5.41) is 4.77. The minimum Gasteiger partial charge on any atom is -0.497 e. The van der Waals surface area contributed by atoms with Crippen LogP contribution in [-0.4, -0.2) is 36.3 Å². The Kier molecular flexibility index (Phi) is 8.30. The summed E-state index contributed by atoms with van der Waals surface area (Å²) in [4.78, 5) is 18.1. The van der Waals surface area contributed by atoms with Gasteiger partial charge in [-0.25, -0.2) is 0 Å². The zero-order valence-electron chi connectivity index (χ0n) is 21.5. The molecule has 1 heterocycles. The van der Waals surface area contributed by atoms with Gasteiger partial charge in [-0.3, -0.25) is 4.79 Å². The van der Waals surface area contributed by atoms with Crippen LogP contribution < -0.4 is 25.1 Å². The molecule has 0 aliphatic carbocycles. The maximum Gasteiger partial charge on any atom is 0.253 e. The van der Waals surface area contributed by atoms with Gasteiger partial charge in [0.2, 0.25) is 0 Å². The number of aromatic amines is 1. The molecule has 4 aromatic rings. The van der Waals surface area contributed by atoms with Crippen molar-refractivity contribution < 1.29 is 14.2 Å². The van der Waals surface area contributed by atoms with E-state index < -0.39 is 0 Å². The molecule has 0 amide bonds. The molecule has 8 heteroatoms. The van der Waals surface area contributed by atoms with Crippen LogP contribution in [0, 0.1) is 0 Å². The van der Waals surface area contributed by atoms with E-state index in [1.165, 1.54) is 5.56 Å². The SMILES string of the molecule is CCc1ccccc1NC(=S)N(Cc1ccc(OC)cc1)Cc1cc2cc(OC)c(OC)cc2[nH]c1=O. The summed E-state index contributed by atoms with van der Waals surface area (Å²) >= 11 is 5.86. The number of rotatable bonds is 9. The van der Waals surface area contributed by atoms with Crippen LogP contribution in [0.4, 0.5) is 5.69 Å². The highest BCUT2D eigenvalue weighted by Gasteiger charge is 2.16. The molecular formula is C29H31N3O4S. The first kappa shape index (κ1) is 26.0. The van der Waals surface area contributed by atoms with Crippen molar-refractivity contribution in [3.8, 4) is 17.2 Å². The summed E-state index contributed by atoms with van der Waals surface area (Å²) in [6, 6.07) is 21.4. The average Bonchev–Trinajstić information content (AvgIpc) is 2.92. The number of anilines is 1. The molecule has 0 aliphatic rings. The molecule has 0 spiro atoms. The fraction of sp³-hybridized carbons (Fsp3) is 0.241. The third kappa shape index (κ3) is 6.03.